The summed E-state index contributed by atoms with van der Waals surface area (Å²) < 4.78 is 11.3. The minimum atomic E-state index is -0.828. The highest BCUT2D eigenvalue weighted by atomic mass is 16.5. The SMILES string of the molecule is COc1ccc2c(c1OC)[C@@]13CCN(C)[C@H](C2)[C@]1(O)CC[C@@H](O)C3. The standard InChI is InChI=1S/C19H27NO4/c1-20-9-8-18-11-13(21)6-7-19(18,22)15(20)10-12-4-5-14(23-2)17(24-3)16(12)18/h4-5,13,15,21-22H,6-11H2,1-3H3/t13-,15-,18+,19-/m1/s1. The molecule has 4 atom stereocenters. The van der Waals surface area contributed by atoms with Crippen LogP contribution in [0.2, 0.25) is 0 Å². The van der Waals surface area contributed by atoms with E-state index in [2.05, 4.69) is 18.0 Å². The van der Waals surface area contributed by atoms with Gasteiger partial charge in [-0.1, -0.05) is 6.07 Å². The molecule has 1 heterocycles. The van der Waals surface area contributed by atoms with Crippen molar-refractivity contribution in [2.75, 3.05) is 27.8 Å². The molecule has 2 N–H and O–H groups in total. The largest absolute Gasteiger partial charge is 0.493 e. The van der Waals surface area contributed by atoms with E-state index in [1.165, 1.54) is 5.56 Å². The molecule has 0 spiro atoms. The molecule has 4 rings (SSSR count). The van der Waals surface area contributed by atoms with Crippen molar-refractivity contribution in [3.05, 3.63) is 23.3 Å². The van der Waals surface area contributed by atoms with E-state index in [0.29, 0.717) is 25.0 Å². The number of fused-ring (bicyclic) bond motifs is 1. The van der Waals surface area contributed by atoms with Gasteiger partial charge in [0.2, 0.25) is 0 Å². The lowest BCUT2D eigenvalue weighted by Gasteiger charge is -2.64. The molecular weight excluding hydrogens is 306 g/mol. The zero-order valence-corrected chi connectivity index (χ0v) is 14.7. The zero-order valence-electron chi connectivity index (χ0n) is 14.7. The van der Waals surface area contributed by atoms with Crippen LogP contribution >= 0.6 is 0 Å². The van der Waals surface area contributed by atoms with Gasteiger partial charge in [0, 0.05) is 17.0 Å². The Morgan fingerprint density at radius 1 is 1.21 bits per heavy atom. The second-order valence-electron chi connectivity index (χ2n) is 7.69. The monoisotopic (exact) mass is 333 g/mol. The van der Waals surface area contributed by atoms with Crippen LogP contribution in [0.1, 0.15) is 36.8 Å². The smallest absolute Gasteiger partial charge is 0.164 e. The van der Waals surface area contributed by atoms with Crippen LogP contribution in [0.3, 0.4) is 0 Å². The second kappa shape index (κ2) is 5.35. The first-order chi connectivity index (χ1) is 11.5. The van der Waals surface area contributed by atoms with Crippen molar-refractivity contribution < 1.29 is 19.7 Å². The quantitative estimate of drug-likeness (QED) is 0.858. The van der Waals surface area contributed by atoms with Gasteiger partial charge in [-0.3, -0.25) is 0 Å². The summed E-state index contributed by atoms with van der Waals surface area (Å²) in [5.41, 5.74) is 0.985. The Morgan fingerprint density at radius 2 is 2.00 bits per heavy atom. The van der Waals surface area contributed by atoms with Gasteiger partial charge >= 0.3 is 0 Å². The van der Waals surface area contributed by atoms with Crippen molar-refractivity contribution in [3.8, 4) is 11.5 Å². The number of ether oxygens (including phenoxy) is 2. The van der Waals surface area contributed by atoms with Crippen molar-refractivity contribution in [1.82, 2.24) is 4.90 Å². The highest BCUT2D eigenvalue weighted by Gasteiger charge is 2.65. The van der Waals surface area contributed by atoms with Crippen LogP contribution < -0.4 is 9.47 Å². The average molecular weight is 333 g/mol. The summed E-state index contributed by atoms with van der Waals surface area (Å²) in [6, 6.07) is 4.14. The molecule has 3 aliphatic rings. The molecule has 1 aromatic carbocycles. The molecule has 2 fully saturated rings. The van der Waals surface area contributed by atoms with E-state index in [0.717, 1.165) is 30.7 Å². The summed E-state index contributed by atoms with van der Waals surface area (Å²) in [4.78, 5) is 2.29. The normalized spacial score (nSPS) is 38.2. The Balaban J connectivity index is 2.00. The van der Waals surface area contributed by atoms with Crippen molar-refractivity contribution in [1.29, 1.82) is 0 Å². The van der Waals surface area contributed by atoms with E-state index in [1.807, 2.05) is 6.07 Å². The summed E-state index contributed by atoms with van der Waals surface area (Å²) in [5, 5.41) is 22.3. The molecule has 2 aliphatic carbocycles. The third-order valence-electron chi connectivity index (χ3n) is 6.77. The molecule has 1 aliphatic heterocycles. The highest BCUT2D eigenvalue weighted by Crippen LogP contribution is 2.61. The fourth-order valence-corrected chi connectivity index (χ4v) is 5.64. The molecule has 1 saturated heterocycles. The van der Waals surface area contributed by atoms with Crippen LogP contribution in [0, 0.1) is 0 Å². The van der Waals surface area contributed by atoms with Gasteiger partial charge in [0.15, 0.2) is 11.5 Å². The molecule has 5 nitrogen and oxygen atoms in total. The fraction of sp³-hybridized carbons (Fsp3) is 0.684. The number of likely N-dealkylation sites (N-methyl/N-ethyl adjacent to an activating group) is 1. The lowest BCUT2D eigenvalue weighted by Crippen LogP contribution is -2.73. The number of aliphatic hydroxyl groups excluding tert-OH is 1. The summed E-state index contributed by atoms with van der Waals surface area (Å²) in [7, 11) is 5.40. The molecule has 1 saturated carbocycles. The molecule has 132 valence electrons. The Morgan fingerprint density at radius 3 is 2.71 bits per heavy atom. The van der Waals surface area contributed by atoms with Crippen LogP contribution in [0.15, 0.2) is 12.1 Å². The first-order valence-corrected chi connectivity index (χ1v) is 8.82. The van der Waals surface area contributed by atoms with Gasteiger partial charge in [-0.25, -0.2) is 0 Å². The van der Waals surface area contributed by atoms with Gasteiger partial charge in [0.05, 0.1) is 25.9 Å². The number of aliphatic hydroxyl groups is 2. The number of benzene rings is 1. The van der Waals surface area contributed by atoms with E-state index in [-0.39, 0.29) is 12.1 Å². The molecule has 0 radical (unpaired) electrons. The number of likely N-dealkylation sites (tertiary alicyclic amines) is 1. The van der Waals surface area contributed by atoms with Crippen molar-refractivity contribution in [3.63, 3.8) is 0 Å². The van der Waals surface area contributed by atoms with E-state index in [4.69, 9.17) is 9.47 Å². The van der Waals surface area contributed by atoms with Crippen molar-refractivity contribution in [2.45, 2.75) is 55.3 Å². The van der Waals surface area contributed by atoms with Gasteiger partial charge in [0.25, 0.3) is 0 Å². The Hall–Kier alpha value is -1.30. The molecule has 24 heavy (non-hydrogen) atoms. The zero-order chi connectivity index (χ0) is 17.1. The number of hydrogen-bond acceptors (Lipinski definition) is 5. The van der Waals surface area contributed by atoms with Crippen molar-refractivity contribution >= 4 is 0 Å². The molecule has 2 bridgehead atoms. The van der Waals surface area contributed by atoms with Crippen LogP contribution in [-0.4, -0.2) is 60.7 Å². The minimum absolute atomic E-state index is 0.0874. The van der Waals surface area contributed by atoms with Gasteiger partial charge < -0.3 is 24.6 Å². The van der Waals surface area contributed by atoms with Gasteiger partial charge in [-0.2, -0.15) is 0 Å². The third kappa shape index (κ3) is 1.86. The van der Waals surface area contributed by atoms with Crippen LogP contribution in [0.25, 0.3) is 0 Å². The molecule has 5 heteroatoms. The first kappa shape index (κ1) is 16.2. The lowest BCUT2D eigenvalue weighted by atomic mass is 9.49. The number of methoxy groups -OCH3 is 2. The van der Waals surface area contributed by atoms with E-state index < -0.39 is 11.0 Å². The lowest BCUT2D eigenvalue weighted by molar-refractivity contribution is -0.177. The van der Waals surface area contributed by atoms with E-state index in [1.54, 1.807) is 14.2 Å². The predicted octanol–water partition coefficient (Wildman–Crippen LogP) is 1.48. The molecule has 1 aromatic rings. The Bertz CT molecular complexity index is 663. The van der Waals surface area contributed by atoms with Gasteiger partial charge in [0.1, 0.15) is 0 Å². The maximum atomic E-state index is 11.8. The minimum Gasteiger partial charge on any atom is -0.493 e. The highest BCUT2D eigenvalue weighted by molar-refractivity contribution is 5.59. The molecular formula is C19H27NO4. The molecule has 0 unspecified atom stereocenters. The predicted molar refractivity (Wildman–Crippen MR) is 90.8 cm³/mol. The number of nitrogens with zero attached hydrogens (tertiary/aromatic N) is 1. The third-order valence-corrected chi connectivity index (χ3v) is 6.77. The second-order valence-corrected chi connectivity index (χ2v) is 7.69. The van der Waals surface area contributed by atoms with E-state index in [9.17, 15) is 10.2 Å². The number of hydrogen-bond donors (Lipinski definition) is 2. The topological polar surface area (TPSA) is 62.2 Å². The maximum absolute atomic E-state index is 11.8. The van der Waals surface area contributed by atoms with Crippen LogP contribution in [0.5, 0.6) is 11.5 Å². The molecule has 0 aromatic heterocycles. The maximum Gasteiger partial charge on any atom is 0.164 e. The average Bonchev–Trinajstić information content (AvgIpc) is 2.57. The van der Waals surface area contributed by atoms with Gasteiger partial charge in [-0.15, -0.1) is 0 Å². The summed E-state index contributed by atoms with van der Waals surface area (Å²) in [5.74, 6) is 1.43. The van der Waals surface area contributed by atoms with Crippen LogP contribution in [0.4, 0.5) is 0 Å². The Labute approximate surface area is 143 Å². The summed E-state index contributed by atoms with van der Waals surface area (Å²) in [6.07, 6.45) is 3.12. The number of piperidine rings is 1. The molecule has 0 amide bonds. The first-order valence-electron chi connectivity index (χ1n) is 8.82. The van der Waals surface area contributed by atoms with Crippen molar-refractivity contribution in [2.24, 2.45) is 0 Å². The fourth-order valence-electron chi connectivity index (χ4n) is 5.64. The Kier molecular flexibility index (Phi) is 3.61. The summed E-state index contributed by atoms with van der Waals surface area (Å²) >= 11 is 0. The van der Waals surface area contributed by atoms with Crippen LogP contribution in [-0.2, 0) is 11.8 Å². The van der Waals surface area contributed by atoms with Gasteiger partial charge in [-0.05, 0) is 57.3 Å². The summed E-state index contributed by atoms with van der Waals surface area (Å²) in [6.45, 7) is 0.916. The number of rotatable bonds is 2. The van der Waals surface area contributed by atoms with E-state index >= 15 is 0 Å².